The van der Waals surface area contributed by atoms with Gasteiger partial charge in [-0.2, -0.15) is 11.8 Å². The fourth-order valence-corrected chi connectivity index (χ4v) is 3.47. The van der Waals surface area contributed by atoms with Crippen LogP contribution in [0.1, 0.15) is 33.1 Å². The van der Waals surface area contributed by atoms with Gasteiger partial charge in [0, 0.05) is 44.3 Å². The molecule has 1 fully saturated rings. The Morgan fingerprint density at radius 1 is 1.23 bits per heavy atom. The highest BCUT2D eigenvalue weighted by Gasteiger charge is 2.21. The van der Waals surface area contributed by atoms with Gasteiger partial charge in [0.2, 0.25) is 0 Å². The Kier molecular flexibility index (Phi) is 11.6. The van der Waals surface area contributed by atoms with Gasteiger partial charge in [-0.15, -0.1) is 0 Å². The molecule has 1 aliphatic heterocycles. The molecular formula is C16H33N3O2S. The Hall–Kier alpha value is -0.460. The van der Waals surface area contributed by atoms with E-state index in [0.717, 1.165) is 43.9 Å². The Bertz CT molecular complexity index is 303. The molecule has 0 spiro atoms. The van der Waals surface area contributed by atoms with Gasteiger partial charge in [-0.3, -0.25) is 4.99 Å². The number of ether oxygens (including phenoxy) is 2. The van der Waals surface area contributed by atoms with Crippen molar-refractivity contribution in [2.45, 2.75) is 38.4 Å². The molecule has 1 rings (SSSR count). The summed E-state index contributed by atoms with van der Waals surface area (Å²) in [7, 11) is 1.85. The van der Waals surface area contributed by atoms with Crippen LogP contribution in [0.5, 0.6) is 0 Å². The summed E-state index contributed by atoms with van der Waals surface area (Å²) in [5.74, 6) is 2.19. The number of nitrogens with zero attached hydrogens (tertiary/aromatic N) is 2. The van der Waals surface area contributed by atoms with Crippen molar-refractivity contribution in [2.24, 2.45) is 4.99 Å². The summed E-state index contributed by atoms with van der Waals surface area (Å²) < 4.78 is 11.0. The fourth-order valence-electron chi connectivity index (χ4n) is 2.29. The highest BCUT2D eigenvalue weighted by atomic mass is 32.2. The predicted octanol–water partition coefficient (Wildman–Crippen LogP) is 2.22. The molecule has 0 bridgehead atoms. The van der Waals surface area contributed by atoms with Crippen molar-refractivity contribution in [1.29, 1.82) is 0 Å². The van der Waals surface area contributed by atoms with E-state index in [1.54, 1.807) is 0 Å². The summed E-state index contributed by atoms with van der Waals surface area (Å²) in [5.41, 5.74) is 0. The third-order valence-corrected chi connectivity index (χ3v) is 5.02. The molecule has 130 valence electrons. The molecule has 1 unspecified atom stereocenters. The number of aliphatic imine (C=N–C) groups is 1. The highest BCUT2D eigenvalue weighted by Crippen LogP contribution is 2.20. The van der Waals surface area contributed by atoms with Gasteiger partial charge in [0.25, 0.3) is 0 Å². The molecule has 6 heteroatoms. The first-order valence-electron chi connectivity index (χ1n) is 8.54. The second-order valence-corrected chi connectivity index (χ2v) is 6.81. The minimum Gasteiger partial charge on any atom is -0.379 e. The van der Waals surface area contributed by atoms with Crippen LogP contribution in [0.4, 0.5) is 0 Å². The summed E-state index contributed by atoms with van der Waals surface area (Å²) in [4.78, 5) is 6.75. The number of hydrogen-bond donors (Lipinski definition) is 1. The van der Waals surface area contributed by atoms with Crippen molar-refractivity contribution in [3.05, 3.63) is 0 Å². The Morgan fingerprint density at radius 3 is 2.68 bits per heavy atom. The third-order valence-electron chi connectivity index (χ3n) is 3.65. The SMILES string of the molecule is CCCCOCCOCCNC(=NC)N1CCSC(CC)C1. The van der Waals surface area contributed by atoms with E-state index in [-0.39, 0.29) is 0 Å². The van der Waals surface area contributed by atoms with Gasteiger partial charge in [0.1, 0.15) is 0 Å². The first-order chi connectivity index (χ1) is 10.8. The average molecular weight is 332 g/mol. The van der Waals surface area contributed by atoms with Crippen molar-refractivity contribution in [2.75, 3.05) is 58.9 Å². The molecule has 1 saturated heterocycles. The topological polar surface area (TPSA) is 46.1 Å². The maximum Gasteiger partial charge on any atom is 0.193 e. The summed E-state index contributed by atoms with van der Waals surface area (Å²) in [6, 6.07) is 0. The van der Waals surface area contributed by atoms with Crippen molar-refractivity contribution in [3.8, 4) is 0 Å². The maximum absolute atomic E-state index is 5.57. The van der Waals surface area contributed by atoms with Crippen LogP contribution in [-0.4, -0.2) is 75.0 Å². The number of hydrogen-bond acceptors (Lipinski definition) is 4. The Morgan fingerprint density at radius 2 is 2.00 bits per heavy atom. The molecule has 5 nitrogen and oxygen atoms in total. The van der Waals surface area contributed by atoms with Gasteiger partial charge in [-0.05, 0) is 12.8 Å². The molecule has 0 aromatic carbocycles. The van der Waals surface area contributed by atoms with E-state index >= 15 is 0 Å². The second kappa shape index (κ2) is 13.0. The van der Waals surface area contributed by atoms with E-state index in [1.807, 2.05) is 7.05 Å². The normalized spacial score (nSPS) is 19.5. The van der Waals surface area contributed by atoms with E-state index in [0.29, 0.717) is 19.8 Å². The van der Waals surface area contributed by atoms with Crippen LogP contribution in [0.3, 0.4) is 0 Å². The zero-order valence-corrected chi connectivity index (χ0v) is 15.3. The molecule has 22 heavy (non-hydrogen) atoms. The largest absolute Gasteiger partial charge is 0.379 e. The zero-order valence-electron chi connectivity index (χ0n) is 14.5. The van der Waals surface area contributed by atoms with Crippen molar-refractivity contribution in [3.63, 3.8) is 0 Å². The van der Waals surface area contributed by atoms with E-state index < -0.39 is 0 Å². The smallest absolute Gasteiger partial charge is 0.193 e. The van der Waals surface area contributed by atoms with Gasteiger partial charge in [0.15, 0.2) is 5.96 Å². The quantitative estimate of drug-likeness (QED) is 0.378. The predicted molar refractivity (Wildman–Crippen MR) is 96.0 cm³/mol. The van der Waals surface area contributed by atoms with Gasteiger partial charge >= 0.3 is 0 Å². The molecule has 0 saturated carbocycles. The molecule has 0 aromatic rings. The van der Waals surface area contributed by atoms with Crippen molar-refractivity contribution < 1.29 is 9.47 Å². The van der Waals surface area contributed by atoms with Crippen LogP contribution in [0.15, 0.2) is 4.99 Å². The molecular weight excluding hydrogens is 298 g/mol. The standard InChI is InChI=1S/C16H33N3O2S/c1-4-6-9-20-11-12-21-10-7-18-16(17-3)19-8-13-22-15(5-2)14-19/h15H,4-14H2,1-3H3,(H,17,18). The molecule has 1 aliphatic rings. The van der Waals surface area contributed by atoms with Crippen molar-refractivity contribution >= 4 is 17.7 Å². The summed E-state index contributed by atoms with van der Waals surface area (Å²) in [6.07, 6.45) is 3.53. The van der Waals surface area contributed by atoms with Crippen LogP contribution >= 0.6 is 11.8 Å². The lowest BCUT2D eigenvalue weighted by molar-refractivity contribution is 0.0486. The third kappa shape index (κ3) is 8.25. The Balaban J connectivity index is 2.07. The maximum atomic E-state index is 5.57. The lowest BCUT2D eigenvalue weighted by atomic mass is 10.3. The first-order valence-corrected chi connectivity index (χ1v) is 9.59. The molecule has 1 heterocycles. The minimum absolute atomic E-state index is 0.669. The van der Waals surface area contributed by atoms with Gasteiger partial charge in [-0.25, -0.2) is 0 Å². The van der Waals surface area contributed by atoms with Crippen LogP contribution in [0, 0.1) is 0 Å². The summed E-state index contributed by atoms with van der Waals surface area (Å²) in [6.45, 7) is 10.3. The van der Waals surface area contributed by atoms with Gasteiger partial charge < -0.3 is 19.7 Å². The van der Waals surface area contributed by atoms with E-state index in [2.05, 4.69) is 40.8 Å². The van der Waals surface area contributed by atoms with Gasteiger partial charge in [0.05, 0.1) is 19.8 Å². The lowest BCUT2D eigenvalue weighted by Crippen LogP contribution is -2.48. The molecule has 0 radical (unpaired) electrons. The molecule has 1 N–H and O–H groups in total. The van der Waals surface area contributed by atoms with Gasteiger partial charge in [-0.1, -0.05) is 20.3 Å². The van der Waals surface area contributed by atoms with E-state index in [4.69, 9.17) is 9.47 Å². The number of thioether (sulfide) groups is 1. The highest BCUT2D eigenvalue weighted by molar-refractivity contribution is 8.00. The van der Waals surface area contributed by atoms with Crippen LogP contribution in [0.2, 0.25) is 0 Å². The number of guanidine groups is 1. The fraction of sp³-hybridized carbons (Fsp3) is 0.938. The number of rotatable bonds is 10. The number of unbranched alkanes of at least 4 members (excludes halogenated alkanes) is 1. The second-order valence-electron chi connectivity index (χ2n) is 5.40. The van der Waals surface area contributed by atoms with Crippen LogP contribution in [-0.2, 0) is 9.47 Å². The average Bonchev–Trinajstić information content (AvgIpc) is 2.57. The molecule has 0 aromatic heterocycles. The number of nitrogens with one attached hydrogen (secondary N) is 1. The minimum atomic E-state index is 0.669. The summed E-state index contributed by atoms with van der Waals surface area (Å²) in [5, 5.41) is 4.12. The van der Waals surface area contributed by atoms with Crippen LogP contribution in [0.25, 0.3) is 0 Å². The van der Waals surface area contributed by atoms with Crippen LogP contribution < -0.4 is 5.32 Å². The van der Waals surface area contributed by atoms with E-state index in [1.165, 1.54) is 18.6 Å². The first kappa shape index (κ1) is 19.6. The molecule has 0 amide bonds. The van der Waals surface area contributed by atoms with E-state index in [9.17, 15) is 0 Å². The Labute approximate surface area is 140 Å². The summed E-state index contributed by atoms with van der Waals surface area (Å²) >= 11 is 2.07. The zero-order chi connectivity index (χ0) is 16.0. The molecule has 0 aliphatic carbocycles. The van der Waals surface area contributed by atoms with Crippen molar-refractivity contribution in [1.82, 2.24) is 10.2 Å². The molecule has 1 atom stereocenters. The lowest BCUT2D eigenvalue weighted by Gasteiger charge is -2.34. The monoisotopic (exact) mass is 331 g/mol.